The molecular weight excluding hydrogens is 427 g/mol. The summed E-state index contributed by atoms with van der Waals surface area (Å²) in [5, 5.41) is 2.66. The number of thiophene rings is 1. The van der Waals surface area contributed by atoms with Crippen LogP contribution in [0.15, 0.2) is 30.3 Å². The van der Waals surface area contributed by atoms with Gasteiger partial charge < -0.3 is 15.0 Å². The second kappa shape index (κ2) is 9.34. The first-order valence-electron chi connectivity index (χ1n) is 8.99. The summed E-state index contributed by atoms with van der Waals surface area (Å²) < 4.78 is 45.5. The predicted molar refractivity (Wildman–Crippen MR) is 109 cm³/mol. The molecule has 158 valence electrons. The van der Waals surface area contributed by atoms with Crippen LogP contribution in [0.25, 0.3) is 0 Å². The van der Waals surface area contributed by atoms with Gasteiger partial charge in [-0.1, -0.05) is 11.6 Å². The molecule has 1 N–H and O–H groups in total. The van der Waals surface area contributed by atoms with Gasteiger partial charge in [-0.3, -0.25) is 9.69 Å². The molecule has 0 saturated carbocycles. The Labute approximate surface area is 176 Å². The number of ether oxygens (including phenoxy) is 1. The highest BCUT2D eigenvalue weighted by Gasteiger charge is 2.32. The van der Waals surface area contributed by atoms with Gasteiger partial charge in [-0.05, 0) is 37.4 Å². The molecule has 2 heterocycles. The molecule has 1 aliphatic rings. The van der Waals surface area contributed by atoms with E-state index in [1.165, 1.54) is 17.4 Å². The first-order chi connectivity index (χ1) is 13.7. The summed E-state index contributed by atoms with van der Waals surface area (Å²) in [7, 11) is 1.77. The largest absolute Gasteiger partial charge is 0.416 e. The summed E-state index contributed by atoms with van der Waals surface area (Å²) in [6.45, 7) is 2.62. The molecule has 5 nitrogen and oxygen atoms in total. The quantitative estimate of drug-likeness (QED) is 0.716. The molecule has 2 aromatic rings. The van der Waals surface area contributed by atoms with E-state index in [0.717, 1.165) is 17.0 Å². The normalized spacial score (nSPS) is 15.0. The van der Waals surface area contributed by atoms with Crippen LogP contribution in [0.5, 0.6) is 0 Å². The van der Waals surface area contributed by atoms with Crippen LogP contribution >= 0.6 is 22.9 Å². The number of halogens is 4. The number of rotatable bonds is 6. The second-order valence-corrected chi connectivity index (χ2v) is 8.56. The number of carbonyl (C=O) groups is 1. The Morgan fingerprint density at radius 2 is 2.00 bits per heavy atom. The van der Waals surface area contributed by atoms with E-state index in [4.69, 9.17) is 16.3 Å². The Morgan fingerprint density at radius 3 is 2.62 bits per heavy atom. The minimum atomic E-state index is -4.49. The SMILES string of the molecule is CN(CC(=O)Nc1cc(C(F)(F)F)ccc1N1CCOCC1)Cc1ccc(Cl)s1. The molecule has 10 heteroatoms. The lowest BCUT2D eigenvalue weighted by Crippen LogP contribution is -2.37. The highest BCUT2D eigenvalue weighted by molar-refractivity contribution is 7.16. The molecule has 1 aliphatic heterocycles. The Hall–Kier alpha value is -1.81. The van der Waals surface area contributed by atoms with Crippen molar-refractivity contribution in [1.29, 1.82) is 0 Å². The van der Waals surface area contributed by atoms with E-state index in [2.05, 4.69) is 5.32 Å². The maximum atomic E-state index is 13.2. The van der Waals surface area contributed by atoms with Crippen LogP contribution in [0, 0.1) is 0 Å². The number of hydrogen-bond donors (Lipinski definition) is 1. The zero-order valence-corrected chi connectivity index (χ0v) is 17.3. The topological polar surface area (TPSA) is 44.8 Å². The van der Waals surface area contributed by atoms with E-state index in [1.54, 1.807) is 18.0 Å². The standard InChI is InChI=1S/C19H21ClF3N3O2S/c1-25(11-14-3-5-17(20)29-14)12-18(27)24-15-10-13(19(21,22)23)2-4-16(15)26-6-8-28-9-7-26/h2-5,10H,6-9,11-12H2,1H3,(H,24,27). The Bertz CT molecular complexity index is 853. The average molecular weight is 448 g/mol. The van der Waals surface area contributed by atoms with Gasteiger partial charge in [-0.15, -0.1) is 11.3 Å². The van der Waals surface area contributed by atoms with E-state index >= 15 is 0 Å². The number of hydrogen-bond acceptors (Lipinski definition) is 5. The van der Waals surface area contributed by atoms with E-state index in [0.29, 0.717) is 42.9 Å². The third-order valence-corrected chi connectivity index (χ3v) is 5.63. The molecule has 0 bridgehead atoms. The zero-order valence-electron chi connectivity index (χ0n) is 15.8. The van der Waals surface area contributed by atoms with Crippen molar-refractivity contribution in [3.8, 4) is 0 Å². The molecule has 0 spiro atoms. The van der Waals surface area contributed by atoms with Crippen molar-refractivity contribution in [1.82, 2.24) is 4.90 Å². The first-order valence-corrected chi connectivity index (χ1v) is 10.2. The van der Waals surface area contributed by atoms with Gasteiger partial charge in [0.1, 0.15) is 0 Å². The van der Waals surface area contributed by atoms with E-state index in [-0.39, 0.29) is 18.1 Å². The lowest BCUT2D eigenvalue weighted by atomic mass is 10.1. The molecule has 1 amide bonds. The molecule has 0 aliphatic carbocycles. The van der Waals surface area contributed by atoms with Gasteiger partial charge in [-0.2, -0.15) is 13.2 Å². The predicted octanol–water partition coefficient (Wildman–Crippen LogP) is 4.33. The van der Waals surface area contributed by atoms with Crippen molar-refractivity contribution >= 4 is 40.2 Å². The number of alkyl halides is 3. The molecule has 3 rings (SSSR count). The Morgan fingerprint density at radius 1 is 1.28 bits per heavy atom. The molecule has 0 unspecified atom stereocenters. The first kappa shape index (κ1) is 21.9. The van der Waals surface area contributed by atoms with Crippen molar-refractivity contribution in [2.24, 2.45) is 0 Å². The summed E-state index contributed by atoms with van der Waals surface area (Å²) in [5.74, 6) is -0.385. The van der Waals surface area contributed by atoms with Crippen molar-refractivity contribution in [3.63, 3.8) is 0 Å². The summed E-state index contributed by atoms with van der Waals surface area (Å²) in [4.78, 5) is 17.2. The molecule has 1 saturated heterocycles. The molecule has 0 radical (unpaired) electrons. The number of morpholine rings is 1. The Balaban J connectivity index is 1.73. The number of nitrogens with zero attached hydrogens (tertiary/aromatic N) is 2. The number of amides is 1. The number of likely N-dealkylation sites (N-methyl/N-ethyl adjacent to an activating group) is 1. The van der Waals surface area contributed by atoms with Crippen LogP contribution in [-0.2, 0) is 22.3 Å². The molecular formula is C19H21ClF3N3O2S. The summed E-state index contributed by atoms with van der Waals surface area (Å²) in [6.07, 6.45) is -4.49. The van der Waals surface area contributed by atoms with Gasteiger partial charge in [0, 0.05) is 24.5 Å². The number of benzene rings is 1. The fourth-order valence-corrected chi connectivity index (χ4v) is 4.25. The van der Waals surface area contributed by atoms with Crippen molar-refractivity contribution in [2.75, 3.05) is 50.1 Å². The molecule has 1 aromatic carbocycles. The molecule has 1 aromatic heterocycles. The van der Waals surface area contributed by atoms with Gasteiger partial charge in [0.2, 0.25) is 5.91 Å². The Kier molecular flexibility index (Phi) is 7.05. The van der Waals surface area contributed by atoms with Crippen molar-refractivity contribution in [2.45, 2.75) is 12.7 Å². The highest BCUT2D eigenvalue weighted by atomic mass is 35.5. The molecule has 0 atom stereocenters. The summed E-state index contributed by atoms with van der Waals surface area (Å²) in [5.41, 5.74) is -0.0898. The summed E-state index contributed by atoms with van der Waals surface area (Å²) >= 11 is 7.34. The fraction of sp³-hybridized carbons (Fsp3) is 0.421. The van der Waals surface area contributed by atoms with Crippen LogP contribution < -0.4 is 10.2 Å². The van der Waals surface area contributed by atoms with Crippen LogP contribution in [0.4, 0.5) is 24.5 Å². The lowest BCUT2D eigenvalue weighted by Gasteiger charge is -2.31. The third kappa shape index (κ3) is 6.08. The van der Waals surface area contributed by atoms with Gasteiger partial charge >= 0.3 is 6.18 Å². The number of anilines is 2. The maximum Gasteiger partial charge on any atom is 0.416 e. The van der Waals surface area contributed by atoms with E-state index < -0.39 is 11.7 Å². The van der Waals surface area contributed by atoms with Crippen LogP contribution in [0.2, 0.25) is 4.34 Å². The minimum absolute atomic E-state index is 0.0360. The van der Waals surface area contributed by atoms with Crippen molar-refractivity contribution in [3.05, 3.63) is 45.1 Å². The third-order valence-electron chi connectivity index (χ3n) is 4.42. The van der Waals surface area contributed by atoms with Crippen molar-refractivity contribution < 1.29 is 22.7 Å². The maximum absolute atomic E-state index is 13.2. The van der Waals surface area contributed by atoms with Crippen LogP contribution in [0.1, 0.15) is 10.4 Å². The van der Waals surface area contributed by atoms with Gasteiger partial charge in [0.15, 0.2) is 0 Å². The van der Waals surface area contributed by atoms with Crippen LogP contribution in [-0.4, -0.2) is 50.7 Å². The monoisotopic (exact) mass is 447 g/mol. The van der Waals surface area contributed by atoms with Gasteiger partial charge in [0.25, 0.3) is 0 Å². The lowest BCUT2D eigenvalue weighted by molar-refractivity contribution is -0.137. The average Bonchev–Trinajstić information content (AvgIpc) is 3.06. The molecule has 1 fully saturated rings. The second-order valence-electron chi connectivity index (χ2n) is 6.76. The zero-order chi connectivity index (χ0) is 21.0. The molecule has 29 heavy (non-hydrogen) atoms. The number of carbonyl (C=O) groups excluding carboxylic acids is 1. The summed E-state index contributed by atoms with van der Waals surface area (Å²) in [6, 6.07) is 7.09. The van der Waals surface area contributed by atoms with Gasteiger partial charge in [0.05, 0.1) is 41.0 Å². The van der Waals surface area contributed by atoms with E-state index in [9.17, 15) is 18.0 Å². The van der Waals surface area contributed by atoms with Crippen LogP contribution in [0.3, 0.4) is 0 Å². The van der Waals surface area contributed by atoms with Gasteiger partial charge in [-0.25, -0.2) is 0 Å². The van der Waals surface area contributed by atoms with E-state index in [1.807, 2.05) is 11.0 Å². The highest BCUT2D eigenvalue weighted by Crippen LogP contribution is 2.35. The minimum Gasteiger partial charge on any atom is -0.378 e. The smallest absolute Gasteiger partial charge is 0.378 e. The number of nitrogens with one attached hydrogen (secondary N) is 1. The fourth-order valence-electron chi connectivity index (χ4n) is 3.09.